The van der Waals surface area contributed by atoms with Crippen LogP contribution in [0.4, 0.5) is 13.2 Å². The highest BCUT2D eigenvalue weighted by Crippen LogP contribution is 2.31. The Kier molecular flexibility index (Phi) is 6.71. The van der Waals surface area contributed by atoms with E-state index in [4.69, 9.17) is 4.74 Å². The van der Waals surface area contributed by atoms with Gasteiger partial charge in [-0.3, -0.25) is 4.79 Å². The van der Waals surface area contributed by atoms with E-state index in [0.29, 0.717) is 31.7 Å². The lowest BCUT2D eigenvalue weighted by molar-refractivity contribution is -0.274. The number of benzene rings is 2. The summed E-state index contributed by atoms with van der Waals surface area (Å²) in [5, 5.41) is 0. The normalized spacial score (nSPS) is 19.2. The summed E-state index contributed by atoms with van der Waals surface area (Å²) in [5.74, 6) is -0.150. The molecule has 8 heteroatoms. The van der Waals surface area contributed by atoms with Gasteiger partial charge in [0.2, 0.25) is 0 Å². The van der Waals surface area contributed by atoms with E-state index in [1.807, 2.05) is 41.3 Å². The van der Waals surface area contributed by atoms with Gasteiger partial charge in [-0.25, -0.2) is 0 Å². The summed E-state index contributed by atoms with van der Waals surface area (Å²) in [6, 6.07) is 15.4. The number of alkyl halides is 3. The lowest BCUT2D eigenvalue weighted by atomic mass is 9.89. The first-order chi connectivity index (χ1) is 15.3. The minimum atomic E-state index is -4.68. The molecule has 2 aliphatic heterocycles. The minimum absolute atomic E-state index is 0.0386. The molecule has 0 radical (unpaired) electrons. The Hall–Kier alpha value is -2.58. The van der Waals surface area contributed by atoms with Gasteiger partial charge in [0.25, 0.3) is 5.91 Å². The summed E-state index contributed by atoms with van der Waals surface area (Å²) < 4.78 is 47.5. The summed E-state index contributed by atoms with van der Waals surface area (Å²) in [5.41, 5.74) is 1.18. The summed E-state index contributed by atoms with van der Waals surface area (Å²) in [6.07, 6.45) is -2.40. The monoisotopic (exact) mass is 448 g/mol. The van der Waals surface area contributed by atoms with Crippen molar-refractivity contribution >= 4 is 5.91 Å². The average Bonchev–Trinajstić information content (AvgIpc) is 2.78. The second-order valence-corrected chi connectivity index (χ2v) is 8.41. The number of carbonyl (C=O) groups is 1. The standard InChI is InChI=1S/C24H27F3N2O3/c25-24(26,27)32-21-8-4-5-19(17-21)9-12-28-13-10-23(11-14-28)18-29(15-16-31-23)22(30)20-6-2-1-3-7-20/h1-8,17H,9-16,18H2. The van der Waals surface area contributed by atoms with Crippen LogP contribution in [0.25, 0.3) is 0 Å². The zero-order valence-electron chi connectivity index (χ0n) is 17.8. The van der Waals surface area contributed by atoms with Crippen LogP contribution in [-0.2, 0) is 11.2 Å². The Bertz CT molecular complexity index is 912. The fraction of sp³-hybridized carbons (Fsp3) is 0.458. The molecule has 0 aromatic heterocycles. The molecule has 1 amide bonds. The van der Waals surface area contributed by atoms with Crippen molar-refractivity contribution in [2.75, 3.05) is 39.3 Å². The third-order valence-electron chi connectivity index (χ3n) is 6.17. The fourth-order valence-electron chi connectivity index (χ4n) is 4.45. The van der Waals surface area contributed by atoms with E-state index in [-0.39, 0.29) is 17.3 Å². The van der Waals surface area contributed by atoms with E-state index in [9.17, 15) is 18.0 Å². The van der Waals surface area contributed by atoms with Gasteiger partial charge >= 0.3 is 6.36 Å². The molecule has 2 fully saturated rings. The molecule has 0 aliphatic carbocycles. The maximum absolute atomic E-state index is 12.8. The molecule has 2 heterocycles. The molecular formula is C24H27F3N2O3. The predicted octanol–water partition coefficient (Wildman–Crippen LogP) is 4.13. The Balaban J connectivity index is 1.28. The lowest BCUT2D eigenvalue weighted by Crippen LogP contribution is -2.58. The second kappa shape index (κ2) is 9.50. The highest BCUT2D eigenvalue weighted by Gasteiger charge is 2.41. The first-order valence-electron chi connectivity index (χ1n) is 10.9. The van der Waals surface area contributed by atoms with Gasteiger partial charge in [-0.1, -0.05) is 30.3 Å². The molecule has 1 spiro atoms. The quantitative estimate of drug-likeness (QED) is 0.690. The molecule has 0 saturated carbocycles. The maximum atomic E-state index is 12.8. The number of rotatable bonds is 5. The molecule has 0 unspecified atom stereocenters. The number of hydrogen-bond donors (Lipinski definition) is 0. The van der Waals surface area contributed by atoms with Gasteiger partial charge in [-0.05, 0) is 49.1 Å². The fourth-order valence-corrected chi connectivity index (χ4v) is 4.45. The van der Waals surface area contributed by atoms with Crippen molar-refractivity contribution in [3.8, 4) is 5.75 Å². The smallest absolute Gasteiger partial charge is 0.406 e. The second-order valence-electron chi connectivity index (χ2n) is 8.41. The Morgan fingerprint density at radius 1 is 1.03 bits per heavy atom. The summed E-state index contributed by atoms with van der Waals surface area (Å²) in [6.45, 7) is 4.11. The molecule has 2 aromatic carbocycles. The number of halogens is 3. The number of carbonyl (C=O) groups excluding carboxylic acids is 1. The summed E-state index contributed by atoms with van der Waals surface area (Å²) in [7, 11) is 0. The molecule has 5 nitrogen and oxygen atoms in total. The van der Waals surface area contributed by atoms with E-state index in [1.54, 1.807) is 6.07 Å². The molecular weight excluding hydrogens is 421 g/mol. The molecule has 172 valence electrons. The van der Waals surface area contributed by atoms with Gasteiger partial charge in [0.05, 0.1) is 18.8 Å². The van der Waals surface area contributed by atoms with E-state index >= 15 is 0 Å². The molecule has 32 heavy (non-hydrogen) atoms. The number of amides is 1. The number of nitrogens with zero attached hydrogens (tertiary/aromatic N) is 2. The van der Waals surface area contributed by atoms with Gasteiger partial charge in [0, 0.05) is 31.7 Å². The first-order valence-corrected chi connectivity index (χ1v) is 10.9. The van der Waals surface area contributed by atoms with E-state index in [1.165, 1.54) is 12.1 Å². The zero-order chi connectivity index (χ0) is 22.6. The number of likely N-dealkylation sites (tertiary alicyclic amines) is 1. The maximum Gasteiger partial charge on any atom is 0.573 e. The van der Waals surface area contributed by atoms with Crippen LogP contribution >= 0.6 is 0 Å². The first kappa shape index (κ1) is 22.6. The number of morpholine rings is 1. The number of piperidine rings is 1. The average molecular weight is 448 g/mol. The topological polar surface area (TPSA) is 42.0 Å². The molecule has 4 rings (SSSR count). The van der Waals surface area contributed by atoms with Crippen LogP contribution in [0.5, 0.6) is 5.75 Å². The van der Waals surface area contributed by atoms with Crippen molar-refractivity contribution in [1.29, 1.82) is 0 Å². The molecule has 0 atom stereocenters. The largest absolute Gasteiger partial charge is 0.573 e. The van der Waals surface area contributed by atoms with Gasteiger partial charge in [-0.2, -0.15) is 0 Å². The van der Waals surface area contributed by atoms with Crippen molar-refractivity contribution in [2.24, 2.45) is 0 Å². The third kappa shape index (κ3) is 5.81. The highest BCUT2D eigenvalue weighted by molar-refractivity contribution is 5.94. The third-order valence-corrected chi connectivity index (χ3v) is 6.17. The van der Waals surface area contributed by atoms with Gasteiger partial charge in [0.15, 0.2) is 0 Å². The SMILES string of the molecule is O=C(c1ccccc1)N1CCOC2(CCN(CCc3cccc(OC(F)(F)F)c3)CC2)C1. The minimum Gasteiger partial charge on any atom is -0.406 e. The van der Waals surface area contributed by atoms with Crippen molar-refractivity contribution in [2.45, 2.75) is 31.2 Å². The van der Waals surface area contributed by atoms with Crippen LogP contribution < -0.4 is 4.74 Å². The van der Waals surface area contributed by atoms with Gasteiger partial charge < -0.3 is 19.3 Å². The molecule has 0 N–H and O–H groups in total. The van der Waals surface area contributed by atoms with Crippen LogP contribution in [0, 0.1) is 0 Å². The molecule has 2 aliphatic rings. The van der Waals surface area contributed by atoms with E-state index in [2.05, 4.69) is 9.64 Å². The lowest BCUT2D eigenvalue weighted by Gasteiger charge is -2.47. The highest BCUT2D eigenvalue weighted by atomic mass is 19.4. The predicted molar refractivity (Wildman–Crippen MR) is 114 cm³/mol. The number of hydrogen-bond acceptors (Lipinski definition) is 4. The Labute approximate surface area is 185 Å². The van der Waals surface area contributed by atoms with Crippen molar-refractivity contribution in [1.82, 2.24) is 9.80 Å². The van der Waals surface area contributed by atoms with Crippen LogP contribution in [0.2, 0.25) is 0 Å². The van der Waals surface area contributed by atoms with E-state index in [0.717, 1.165) is 38.0 Å². The zero-order valence-corrected chi connectivity index (χ0v) is 17.8. The Morgan fingerprint density at radius 3 is 2.50 bits per heavy atom. The Morgan fingerprint density at radius 2 is 1.78 bits per heavy atom. The van der Waals surface area contributed by atoms with Crippen molar-refractivity contribution < 1.29 is 27.4 Å². The van der Waals surface area contributed by atoms with Crippen LogP contribution in [-0.4, -0.2) is 67.0 Å². The summed E-state index contributed by atoms with van der Waals surface area (Å²) >= 11 is 0. The molecule has 2 aromatic rings. The van der Waals surface area contributed by atoms with Crippen LogP contribution in [0.1, 0.15) is 28.8 Å². The van der Waals surface area contributed by atoms with Gasteiger partial charge in [0.1, 0.15) is 5.75 Å². The molecule has 0 bridgehead atoms. The number of ether oxygens (including phenoxy) is 2. The van der Waals surface area contributed by atoms with E-state index < -0.39 is 6.36 Å². The summed E-state index contributed by atoms with van der Waals surface area (Å²) in [4.78, 5) is 17.0. The molecule has 2 saturated heterocycles. The van der Waals surface area contributed by atoms with Crippen LogP contribution in [0.3, 0.4) is 0 Å². The van der Waals surface area contributed by atoms with Crippen LogP contribution in [0.15, 0.2) is 54.6 Å². The van der Waals surface area contributed by atoms with Gasteiger partial charge in [-0.15, -0.1) is 13.2 Å². The van der Waals surface area contributed by atoms with Crippen molar-refractivity contribution in [3.05, 3.63) is 65.7 Å². The van der Waals surface area contributed by atoms with Crippen molar-refractivity contribution in [3.63, 3.8) is 0 Å².